The van der Waals surface area contributed by atoms with Crippen molar-refractivity contribution in [3.05, 3.63) is 89.0 Å². The predicted molar refractivity (Wildman–Crippen MR) is 106 cm³/mol. The van der Waals surface area contributed by atoms with Crippen LogP contribution in [0.3, 0.4) is 0 Å². The summed E-state index contributed by atoms with van der Waals surface area (Å²) in [5, 5.41) is 0. The molecule has 0 saturated carbocycles. The first-order valence-electron chi connectivity index (χ1n) is 8.99. The fourth-order valence-electron chi connectivity index (χ4n) is 2.91. The molecule has 0 saturated heterocycles. The lowest BCUT2D eigenvalue weighted by molar-refractivity contribution is 0.100. The first-order valence-corrected chi connectivity index (χ1v) is 8.99. The van der Waals surface area contributed by atoms with Crippen LogP contribution in [0.4, 0.5) is 0 Å². The fraction of sp³-hybridized carbons (Fsp3) is 0.261. The summed E-state index contributed by atoms with van der Waals surface area (Å²) in [6.07, 6.45) is 1.58. The molecule has 27 heavy (non-hydrogen) atoms. The number of Topliss-reactive ketones (excluding diaryl/α,β-unsaturated/α-hetero) is 1. The number of ketones is 1. The van der Waals surface area contributed by atoms with Crippen LogP contribution in [0.15, 0.2) is 60.8 Å². The Morgan fingerprint density at radius 2 is 1.56 bits per heavy atom. The fourth-order valence-corrected chi connectivity index (χ4v) is 2.91. The molecule has 1 heterocycles. The molecule has 0 unspecified atom stereocenters. The van der Waals surface area contributed by atoms with Crippen molar-refractivity contribution in [3.63, 3.8) is 0 Å². The van der Waals surface area contributed by atoms with E-state index < -0.39 is 0 Å². The highest BCUT2D eigenvalue weighted by molar-refractivity contribution is 5.90. The minimum atomic E-state index is -0.153. The molecular weight excluding hydrogens is 336 g/mol. The molecule has 0 N–H and O–H groups in total. The monoisotopic (exact) mass is 360 g/mol. The normalized spacial score (nSPS) is 11.3. The highest BCUT2D eigenvalue weighted by Gasteiger charge is 2.22. The standard InChI is InChI=1S/C23H24N2O2/c1-16-5-7-18(8-6-16)23(3,4)19-9-11-21(12-10-19)27-15-20-13-14-24-22(25-20)17(2)26/h5-14H,15H2,1-4H3. The van der Waals surface area contributed by atoms with Gasteiger partial charge in [-0.2, -0.15) is 0 Å². The van der Waals surface area contributed by atoms with Crippen LogP contribution in [0.2, 0.25) is 0 Å². The molecule has 4 heteroatoms. The van der Waals surface area contributed by atoms with E-state index in [0.717, 1.165) is 5.75 Å². The molecule has 0 aliphatic carbocycles. The number of hydrogen-bond acceptors (Lipinski definition) is 4. The topological polar surface area (TPSA) is 52.1 Å². The van der Waals surface area contributed by atoms with E-state index in [9.17, 15) is 4.79 Å². The number of rotatable bonds is 6. The van der Waals surface area contributed by atoms with Gasteiger partial charge in [0.1, 0.15) is 12.4 Å². The number of carbonyl (C=O) groups excluding carboxylic acids is 1. The number of hydrogen-bond donors (Lipinski definition) is 0. The lowest BCUT2D eigenvalue weighted by Gasteiger charge is -2.26. The highest BCUT2D eigenvalue weighted by Crippen LogP contribution is 2.32. The molecule has 0 radical (unpaired) electrons. The second kappa shape index (κ2) is 7.70. The Balaban J connectivity index is 1.71. The molecule has 0 atom stereocenters. The summed E-state index contributed by atoms with van der Waals surface area (Å²) in [7, 11) is 0. The van der Waals surface area contributed by atoms with E-state index >= 15 is 0 Å². The van der Waals surface area contributed by atoms with Crippen molar-refractivity contribution in [3.8, 4) is 5.75 Å². The molecule has 0 bridgehead atoms. The highest BCUT2D eigenvalue weighted by atomic mass is 16.5. The zero-order chi connectivity index (χ0) is 19.4. The summed E-state index contributed by atoms with van der Waals surface area (Å²) in [4.78, 5) is 19.5. The predicted octanol–water partition coefficient (Wildman–Crippen LogP) is 4.89. The van der Waals surface area contributed by atoms with Gasteiger partial charge >= 0.3 is 0 Å². The van der Waals surface area contributed by atoms with Gasteiger partial charge in [0.25, 0.3) is 0 Å². The lowest BCUT2D eigenvalue weighted by atomic mass is 9.78. The average Bonchev–Trinajstić information content (AvgIpc) is 2.67. The van der Waals surface area contributed by atoms with Gasteiger partial charge < -0.3 is 4.74 Å². The third-order valence-electron chi connectivity index (χ3n) is 4.76. The van der Waals surface area contributed by atoms with Crippen LogP contribution in [0.5, 0.6) is 5.75 Å². The van der Waals surface area contributed by atoms with Crippen LogP contribution in [0.25, 0.3) is 0 Å². The number of carbonyl (C=O) groups is 1. The van der Waals surface area contributed by atoms with Gasteiger partial charge in [0.05, 0.1) is 5.69 Å². The molecule has 0 amide bonds. The number of ether oxygens (including phenoxy) is 1. The summed E-state index contributed by atoms with van der Waals surface area (Å²) in [5.74, 6) is 0.826. The van der Waals surface area contributed by atoms with E-state index in [4.69, 9.17) is 4.74 Å². The largest absolute Gasteiger partial charge is 0.487 e. The van der Waals surface area contributed by atoms with Crippen LogP contribution in [-0.4, -0.2) is 15.8 Å². The van der Waals surface area contributed by atoms with E-state index in [-0.39, 0.29) is 17.0 Å². The van der Waals surface area contributed by atoms with E-state index in [1.165, 1.54) is 23.6 Å². The van der Waals surface area contributed by atoms with Crippen LogP contribution < -0.4 is 4.74 Å². The van der Waals surface area contributed by atoms with Crippen LogP contribution in [0, 0.1) is 6.92 Å². The van der Waals surface area contributed by atoms with Gasteiger partial charge in [-0.25, -0.2) is 9.97 Å². The molecule has 2 aromatic carbocycles. The van der Waals surface area contributed by atoms with Crippen molar-refractivity contribution < 1.29 is 9.53 Å². The van der Waals surface area contributed by atoms with Crippen molar-refractivity contribution in [2.75, 3.05) is 0 Å². The summed E-state index contributed by atoms with van der Waals surface area (Å²) in [6.45, 7) is 8.29. The van der Waals surface area contributed by atoms with Crippen molar-refractivity contribution >= 4 is 5.78 Å². The molecule has 3 rings (SSSR count). The molecule has 1 aromatic heterocycles. The number of nitrogens with zero attached hydrogens (tertiary/aromatic N) is 2. The Morgan fingerprint density at radius 3 is 2.15 bits per heavy atom. The van der Waals surface area contributed by atoms with Crippen molar-refractivity contribution in [1.82, 2.24) is 9.97 Å². The summed E-state index contributed by atoms with van der Waals surface area (Å²) < 4.78 is 5.81. The maximum Gasteiger partial charge on any atom is 0.196 e. The van der Waals surface area contributed by atoms with E-state index in [1.807, 2.05) is 12.1 Å². The van der Waals surface area contributed by atoms with Crippen LogP contribution in [0.1, 0.15) is 53.8 Å². The van der Waals surface area contributed by atoms with Crippen LogP contribution in [-0.2, 0) is 12.0 Å². The molecule has 0 aliphatic heterocycles. The third kappa shape index (κ3) is 4.40. The zero-order valence-electron chi connectivity index (χ0n) is 16.2. The van der Waals surface area contributed by atoms with Gasteiger partial charge in [0.15, 0.2) is 11.6 Å². The summed E-state index contributed by atoms with van der Waals surface area (Å²) in [6, 6.07) is 18.5. The lowest BCUT2D eigenvalue weighted by Crippen LogP contribution is -2.18. The summed E-state index contributed by atoms with van der Waals surface area (Å²) in [5.41, 5.74) is 4.35. The Bertz CT molecular complexity index is 929. The van der Waals surface area contributed by atoms with E-state index in [0.29, 0.717) is 12.3 Å². The Labute approximate surface area is 160 Å². The Morgan fingerprint density at radius 1 is 0.963 bits per heavy atom. The van der Waals surface area contributed by atoms with Gasteiger partial charge in [-0.05, 0) is 36.2 Å². The molecule has 0 spiro atoms. The first-order chi connectivity index (χ1) is 12.9. The van der Waals surface area contributed by atoms with Crippen molar-refractivity contribution in [1.29, 1.82) is 0 Å². The van der Waals surface area contributed by atoms with Gasteiger partial charge in [-0.15, -0.1) is 0 Å². The second-order valence-electron chi connectivity index (χ2n) is 7.23. The average molecular weight is 360 g/mol. The molecule has 3 aromatic rings. The smallest absolute Gasteiger partial charge is 0.196 e. The quantitative estimate of drug-likeness (QED) is 0.587. The van der Waals surface area contributed by atoms with Gasteiger partial charge in [0, 0.05) is 18.5 Å². The minimum Gasteiger partial charge on any atom is -0.487 e. The molecule has 0 fully saturated rings. The van der Waals surface area contributed by atoms with E-state index in [2.05, 4.69) is 67.1 Å². The zero-order valence-corrected chi connectivity index (χ0v) is 16.2. The second-order valence-corrected chi connectivity index (χ2v) is 7.23. The third-order valence-corrected chi connectivity index (χ3v) is 4.76. The molecular formula is C23H24N2O2. The van der Waals surface area contributed by atoms with E-state index in [1.54, 1.807) is 12.3 Å². The summed E-state index contributed by atoms with van der Waals surface area (Å²) >= 11 is 0. The molecule has 4 nitrogen and oxygen atoms in total. The number of aryl methyl sites for hydroxylation is 1. The number of aromatic nitrogens is 2. The maximum atomic E-state index is 11.4. The number of benzene rings is 2. The molecule has 0 aliphatic rings. The first kappa shape index (κ1) is 18.8. The van der Waals surface area contributed by atoms with Gasteiger partial charge in [-0.1, -0.05) is 55.8 Å². The SMILES string of the molecule is CC(=O)c1nccc(COc2ccc(C(C)(C)c3ccc(C)cc3)cc2)n1. The Kier molecular flexibility index (Phi) is 5.36. The Hall–Kier alpha value is -3.01. The van der Waals surface area contributed by atoms with Gasteiger partial charge in [0.2, 0.25) is 0 Å². The minimum absolute atomic E-state index is 0.0880. The van der Waals surface area contributed by atoms with Gasteiger partial charge in [-0.3, -0.25) is 4.79 Å². The van der Waals surface area contributed by atoms with Crippen molar-refractivity contribution in [2.45, 2.75) is 39.7 Å². The maximum absolute atomic E-state index is 11.4. The van der Waals surface area contributed by atoms with Crippen LogP contribution >= 0.6 is 0 Å². The molecule has 138 valence electrons. The van der Waals surface area contributed by atoms with Crippen molar-refractivity contribution in [2.24, 2.45) is 0 Å².